The Morgan fingerprint density at radius 2 is 1.25 bits per heavy atom. The second-order valence-corrected chi connectivity index (χ2v) is 7.33. The first-order chi connectivity index (χ1) is 11.0. The van der Waals surface area contributed by atoms with Crippen LogP contribution in [0, 0.1) is 5.41 Å². The summed E-state index contributed by atoms with van der Waals surface area (Å²) in [6, 6.07) is 7.36. The minimum atomic E-state index is -5.06. The molecule has 0 radical (unpaired) electrons. The normalized spacial score (nSPS) is 14.3. The fraction of sp³-hybridized carbons (Fsp3) is 0.455. The Labute approximate surface area is 137 Å². The van der Waals surface area contributed by atoms with Crippen molar-refractivity contribution in [3.05, 3.63) is 30.3 Å². The van der Waals surface area contributed by atoms with Gasteiger partial charge in [0.1, 0.15) is 5.75 Å². The van der Waals surface area contributed by atoms with Crippen LogP contribution in [0.3, 0.4) is 0 Å². The number of hydrogen-bond donors (Lipinski definition) is 7. The molecular formula is C11H20O11P2. The molecular weight excluding hydrogens is 370 g/mol. The van der Waals surface area contributed by atoms with Gasteiger partial charge in [-0.2, -0.15) is 4.31 Å². The van der Waals surface area contributed by atoms with E-state index in [0.29, 0.717) is 0 Å². The summed E-state index contributed by atoms with van der Waals surface area (Å²) in [5.41, 5.74) is -1.11. The fourth-order valence-corrected chi connectivity index (χ4v) is 2.66. The number of phosphoric ester groups is 1. The molecule has 11 nitrogen and oxygen atoms in total. The Balaban J connectivity index is 0.000000506. The van der Waals surface area contributed by atoms with Crippen molar-refractivity contribution in [3.63, 3.8) is 0 Å². The Morgan fingerprint density at radius 3 is 1.54 bits per heavy atom. The Bertz CT molecular complexity index is 537. The molecule has 0 aliphatic carbocycles. The number of phosphoric acid groups is 2. The van der Waals surface area contributed by atoms with Gasteiger partial charge in [0.15, 0.2) is 0 Å². The second-order valence-electron chi connectivity index (χ2n) is 4.58. The van der Waals surface area contributed by atoms with Gasteiger partial charge in [0, 0.05) is 0 Å². The van der Waals surface area contributed by atoms with E-state index in [2.05, 4.69) is 8.83 Å². The zero-order chi connectivity index (χ0) is 18.9. The van der Waals surface area contributed by atoms with Gasteiger partial charge in [-0.25, -0.2) is 9.13 Å². The molecule has 1 rings (SSSR count). The Kier molecular flexibility index (Phi) is 9.86. The van der Waals surface area contributed by atoms with Gasteiger partial charge in [-0.15, -0.1) is 0 Å². The molecule has 13 heteroatoms. The lowest BCUT2D eigenvalue weighted by molar-refractivity contribution is -0.0328. The molecule has 1 aromatic carbocycles. The van der Waals surface area contributed by atoms with E-state index < -0.39 is 47.5 Å². The van der Waals surface area contributed by atoms with Crippen molar-refractivity contribution in [2.45, 2.75) is 0 Å². The minimum Gasteiger partial charge on any atom is -0.404 e. The van der Waals surface area contributed by atoms with Gasteiger partial charge in [0.2, 0.25) is 0 Å². The number of hydrogen-bond acceptors (Lipinski definition) is 8. The lowest BCUT2D eigenvalue weighted by Crippen LogP contribution is -2.37. The van der Waals surface area contributed by atoms with Crippen molar-refractivity contribution < 1.29 is 53.1 Å². The van der Waals surface area contributed by atoms with Crippen molar-refractivity contribution in [2.24, 2.45) is 5.41 Å². The van der Waals surface area contributed by atoms with E-state index in [0.717, 1.165) is 0 Å². The molecule has 1 atom stereocenters. The lowest BCUT2D eigenvalue weighted by Gasteiger charge is -2.23. The maximum Gasteiger partial charge on any atom is 0.536 e. The molecule has 0 aliphatic heterocycles. The molecule has 0 heterocycles. The van der Waals surface area contributed by atoms with E-state index in [1.807, 2.05) is 0 Å². The van der Waals surface area contributed by atoms with Crippen LogP contribution in [-0.2, 0) is 13.4 Å². The monoisotopic (exact) mass is 390 g/mol. The maximum atomic E-state index is 11.0. The molecule has 0 saturated heterocycles. The van der Waals surface area contributed by atoms with Crippen LogP contribution in [0.15, 0.2) is 30.3 Å². The third-order valence-corrected chi connectivity index (χ3v) is 4.63. The summed E-state index contributed by atoms with van der Waals surface area (Å²) in [6.07, 6.45) is 0. The molecule has 1 aromatic rings. The van der Waals surface area contributed by atoms with Crippen LogP contribution in [0.5, 0.6) is 5.75 Å². The van der Waals surface area contributed by atoms with Crippen LogP contribution in [0.4, 0.5) is 0 Å². The van der Waals surface area contributed by atoms with Gasteiger partial charge < -0.3 is 34.7 Å². The highest BCUT2D eigenvalue weighted by molar-refractivity contribution is 7.60. The molecule has 0 aromatic heterocycles. The summed E-state index contributed by atoms with van der Waals surface area (Å²) in [5.74, 6) is -0.0308. The lowest BCUT2D eigenvalue weighted by atomic mass is 9.93. The van der Waals surface area contributed by atoms with E-state index in [1.54, 1.807) is 6.07 Å². The summed E-state index contributed by atoms with van der Waals surface area (Å²) in [5, 5.41) is 34.0. The van der Waals surface area contributed by atoms with Crippen molar-refractivity contribution in [2.75, 3.05) is 26.4 Å². The summed E-state index contributed by atoms with van der Waals surface area (Å²) >= 11 is 0. The summed E-state index contributed by atoms with van der Waals surface area (Å²) in [6.45, 7) is -1.62. The SMILES string of the molecule is O=P(O)(O)OP(=O)(O)Oc1ccccc1.OCC(CO)(CO)CO. The smallest absolute Gasteiger partial charge is 0.404 e. The molecule has 0 saturated carbocycles. The summed E-state index contributed by atoms with van der Waals surface area (Å²) in [4.78, 5) is 25.5. The first-order valence-corrected chi connectivity index (χ1v) is 9.33. The first kappa shape index (κ1) is 23.2. The number of rotatable bonds is 8. The Morgan fingerprint density at radius 1 is 0.833 bits per heavy atom. The van der Waals surface area contributed by atoms with Gasteiger partial charge in [-0.05, 0) is 12.1 Å². The molecule has 0 bridgehead atoms. The topological polar surface area (TPSA) is 194 Å². The standard InChI is InChI=1S/C6H8O7P2.C5H12O4/c7-14(8,9)13-15(10,11)12-6-4-2-1-3-5-6;6-1-5(2-7,3-8)4-9/h1-5H,(H,10,11)(H2,7,8,9);6-9H,1-4H2. The fourth-order valence-electron chi connectivity index (χ4n) is 1.07. The van der Waals surface area contributed by atoms with Crippen molar-refractivity contribution in [3.8, 4) is 5.75 Å². The van der Waals surface area contributed by atoms with E-state index in [4.69, 9.17) is 35.1 Å². The highest BCUT2D eigenvalue weighted by atomic mass is 31.3. The molecule has 0 spiro atoms. The summed E-state index contributed by atoms with van der Waals surface area (Å²) in [7, 11) is -9.86. The third kappa shape index (κ3) is 9.45. The molecule has 1 unspecified atom stereocenters. The first-order valence-electron chi connectivity index (χ1n) is 6.31. The third-order valence-electron chi connectivity index (χ3n) is 2.52. The quantitative estimate of drug-likeness (QED) is 0.275. The van der Waals surface area contributed by atoms with Crippen molar-refractivity contribution in [1.29, 1.82) is 0 Å². The van der Waals surface area contributed by atoms with Gasteiger partial charge in [0.25, 0.3) is 0 Å². The zero-order valence-corrected chi connectivity index (χ0v) is 14.2. The largest absolute Gasteiger partial charge is 0.536 e. The van der Waals surface area contributed by atoms with Crippen molar-refractivity contribution >= 4 is 15.6 Å². The van der Waals surface area contributed by atoms with Crippen LogP contribution >= 0.6 is 15.6 Å². The van der Waals surface area contributed by atoms with E-state index in [1.165, 1.54) is 24.3 Å². The van der Waals surface area contributed by atoms with Crippen LogP contribution in [0.2, 0.25) is 0 Å². The minimum absolute atomic E-state index is 0.0308. The molecule has 7 N–H and O–H groups in total. The number of para-hydroxylation sites is 1. The average Bonchev–Trinajstić information content (AvgIpc) is 2.49. The van der Waals surface area contributed by atoms with E-state index in [-0.39, 0.29) is 5.75 Å². The maximum absolute atomic E-state index is 11.0. The van der Waals surface area contributed by atoms with Gasteiger partial charge in [0.05, 0.1) is 31.8 Å². The predicted molar refractivity (Wildman–Crippen MR) is 80.8 cm³/mol. The number of benzene rings is 1. The van der Waals surface area contributed by atoms with Crippen LogP contribution in [0.1, 0.15) is 0 Å². The summed E-state index contributed by atoms with van der Waals surface area (Å²) < 4.78 is 29.3. The van der Waals surface area contributed by atoms with Crippen LogP contribution in [-0.4, -0.2) is 61.5 Å². The average molecular weight is 390 g/mol. The van der Waals surface area contributed by atoms with Gasteiger partial charge >= 0.3 is 15.6 Å². The molecule has 0 amide bonds. The number of aliphatic hydroxyl groups is 4. The molecule has 140 valence electrons. The highest BCUT2D eigenvalue weighted by Crippen LogP contribution is 2.57. The van der Waals surface area contributed by atoms with Crippen LogP contribution < -0.4 is 4.52 Å². The van der Waals surface area contributed by atoms with Crippen molar-refractivity contribution in [1.82, 2.24) is 0 Å². The van der Waals surface area contributed by atoms with Gasteiger partial charge in [-0.3, -0.25) is 4.89 Å². The molecule has 0 aliphatic rings. The van der Waals surface area contributed by atoms with Gasteiger partial charge in [-0.1, -0.05) is 18.2 Å². The van der Waals surface area contributed by atoms with E-state index >= 15 is 0 Å². The highest BCUT2D eigenvalue weighted by Gasteiger charge is 2.33. The zero-order valence-electron chi connectivity index (χ0n) is 12.4. The predicted octanol–water partition coefficient (Wildman–Crippen LogP) is -0.783. The number of aliphatic hydroxyl groups excluding tert-OH is 4. The van der Waals surface area contributed by atoms with Crippen LogP contribution in [0.25, 0.3) is 0 Å². The Hall–Kier alpha value is -0.840. The molecule has 24 heavy (non-hydrogen) atoms. The second kappa shape index (κ2) is 10.2. The van der Waals surface area contributed by atoms with E-state index in [9.17, 15) is 9.13 Å². The molecule has 0 fully saturated rings.